The lowest BCUT2D eigenvalue weighted by Crippen LogP contribution is -2.09. The van der Waals surface area contributed by atoms with Gasteiger partial charge in [-0.15, -0.1) is 0 Å². The summed E-state index contributed by atoms with van der Waals surface area (Å²) >= 11 is 0. The molecule has 0 aromatic carbocycles. The number of carbonyl (C=O) groups is 1. The Bertz CT molecular complexity index is 431. The molecule has 2 aromatic rings. The van der Waals surface area contributed by atoms with Crippen molar-refractivity contribution in [3.8, 4) is 0 Å². The molecule has 5 heteroatoms. The molecule has 0 aliphatic carbocycles. The summed E-state index contributed by atoms with van der Waals surface area (Å²) in [4.78, 5) is 11.5. The minimum absolute atomic E-state index is 0.205. The average Bonchev–Trinajstić information content (AvgIpc) is 2.75. The van der Waals surface area contributed by atoms with Crippen LogP contribution in [0.25, 0.3) is 0 Å². The summed E-state index contributed by atoms with van der Waals surface area (Å²) < 4.78 is 5.02. The Morgan fingerprint density at radius 2 is 2.50 bits per heavy atom. The van der Waals surface area contributed by atoms with E-state index in [1.165, 1.54) is 12.5 Å². The fourth-order valence-electron chi connectivity index (χ4n) is 1.09. The van der Waals surface area contributed by atoms with Crippen LogP contribution in [0.1, 0.15) is 16.1 Å². The molecule has 0 atom stereocenters. The van der Waals surface area contributed by atoms with Crippen molar-refractivity contribution in [2.24, 2.45) is 0 Å². The van der Waals surface area contributed by atoms with Gasteiger partial charge in [0.15, 0.2) is 0 Å². The molecule has 2 heterocycles. The molecule has 2 rings (SSSR count). The molecule has 5 nitrogen and oxygen atoms in total. The quantitative estimate of drug-likeness (QED) is 0.756. The van der Waals surface area contributed by atoms with Crippen LogP contribution in [0.5, 0.6) is 0 Å². The highest BCUT2D eigenvalue weighted by atomic mass is 16.3. The normalized spacial score (nSPS) is 10.1. The van der Waals surface area contributed by atoms with Gasteiger partial charge in [-0.05, 0) is 13.0 Å². The van der Waals surface area contributed by atoms with Crippen LogP contribution in [0.4, 0.5) is 5.69 Å². The maximum atomic E-state index is 11.5. The number of hydrogen-bond donors (Lipinski definition) is 2. The Hall–Kier alpha value is -2.04. The molecule has 2 N–H and O–H groups in total. The second-order valence-corrected chi connectivity index (χ2v) is 2.89. The Balaban J connectivity index is 2.10. The lowest BCUT2D eigenvalue weighted by Gasteiger charge is -1.97. The molecule has 0 aliphatic rings. The second-order valence-electron chi connectivity index (χ2n) is 2.89. The van der Waals surface area contributed by atoms with Crippen LogP contribution < -0.4 is 5.32 Å². The van der Waals surface area contributed by atoms with Crippen LogP contribution in [-0.2, 0) is 0 Å². The Morgan fingerprint density at radius 3 is 3.07 bits per heavy atom. The summed E-state index contributed by atoms with van der Waals surface area (Å²) in [5.74, 6) is 0.505. The van der Waals surface area contributed by atoms with Gasteiger partial charge >= 0.3 is 0 Å². The van der Waals surface area contributed by atoms with Crippen molar-refractivity contribution in [2.45, 2.75) is 6.92 Å². The molecule has 0 radical (unpaired) electrons. The minimum atomic E-state index is -0.205. The number of rotatable bonds is 2. The lowest BCUT2D eigenvalue weighted by atomic mass is 10.3. The van der Waals surface area contributed by atoms with Gasteiger partial charge in [0.1, 0.15) is 12.0 Å². The molecule has 0 unspecified atom stereocenters. The van der Waals surface area contributed by atoms with Crippen molar-refractivity contribution in [3.63, 3.8) is 0 Å². The molecule has 72 valence electrons. The molecule has 1 amide bonds. The van der Waals surface area contributed by atoms with Crippen molar-refractivity contribution >= 4 is 11.6 Å². The molecular formula is C9H9N3O2. The number of H-pyrrole nitrogens is 1. The third-order valence-corrected chi connectivity index (χ3v) is 1.75. The maximum absolute atomic E-state index is 11.5. The van der Waals surface area contributed by atoms with Gasteiger partial charge in [0.25, 0.3) is 5.91 Å². The third kappa shape index (κ3) is 1.66. The van der Waals surface area contributed by atoms with Crippen molar-refractivity contribution in [2.75, 3.05) is 5.32 Å². The number of anilines is 1. The molecule has 0 saturated heterocycles. The SMILES string of the molecule is Cc1cc(C(=O)Nc2cn[nH]c2)co1. The van der Waals surface area contributed by atoms with Gasteiger partial charge in [0.2, 0.25) is 0 Å². The van der Waals surface area contributed by atoms with Gasteiger partial charge in [-0.1, -0.05) is 0 Å². The smallest absolute Gasteiger partial charge is 0.259 e. The predicted molar refractivity (Wildman–Crippen MR) is 50.0 cm³/mol. The van der Waals surface area contributed by atoms with E-state index >= 15 is 0 Å². The number of furan rings is 1. The second kappa shape index (κ2) is 3.37. The summed E-state index contributed by atoms with van der Waals surface area (Å²) in [7, 11) is 0. The highest BCUT2D eigenvalue weighted by Crippen LogP contribution is 2.09. The lowest BCUT2D eigenvalue weighted by molar-refractivity contribution is 0.102. The van der Waals surface area contributed by atoms with E-state index in [0.717, 1.165) is 0 Å². The minimum Gasteiger partial charge on any atom is -0.469 e. The topological polar surface area (TPSA) is 70.9 Å². The van der Waals surface area contributed by atoms with Crippen LogP contribution >= 0.6 is 0 Å². The van der Waals surface area contributed by atoms with E-state index in [-0.39, 0.29) is 5.91 Å². The largest absolute Gasteiger partial charge is 0.469 e. The monoisotopic (exact) mass is 191 g/mol. The Labute approximate surface area is 80.1 Å². The first-order valence-electron chi connectivity index (χ1n) is 4.11. The number of carbonyl (C=O) groups excluding carboxylic acids is 1. The van der Waals surface area contributed by atoms with Gasteiger partial charge < -0.3 is 9.73 Å². The third-order valence-electron chi connectivity index (χ3n) is 1.75. The zero-order valence-electron chi connectivity index (χ0n) is 7.57. The van der Waals surface area contributed by atoms with Crippen molar-refractivity contribution in [1.82, 2.24) is 10.2 Å². The van der Waals surface area contributed by atoms with Gasteiger partial charge in [-0.2, -0.15) is 5.10 Å². The summed E-state index contributed by atoms with van der Waals surface area (Å²) in [5.41, 5.74) is 1.14. The van der Waals surface area contributed by atoms with Crippen LogP contribution in [0.2, 0.25) is 0 Å². The summed E-state index contributed by atoms with van der Waals surface area (Å²) in [5, 5.41) is 8.97. The van der Waals surface area contributed by atoms with Crippen molar-refractivity contribution in [3.05, 3.63) is 36.0 Å². The first-order chi connectivity index (χ1) is 6.75. The van der Waals surface area contributed by atoms with Crippen molar-refractivity contribution in [1.29, 1.82) is 0 Å². The predicted octanol–water partition coefficient (Wildman–Crippen LogP) is 1.56. The standard InChI is InChI=1S/C9H9N3O2/c1-6-2-7(5-14-6)9(13)12-8-3-10-11-4-8/h2-5H,1H3,(H,10,11)(H,12,13). The van der Waals surface area contributed by atoms with E-state index in [0.29, 0.717) is 17.0 Å². The zero-order chi connectivity index (χ0) is 9.97. The molecule has 0 fully saturated rings. The first kappa shape index (κ1) is 8.55. The van der Waals surface area contributed by atoms with Crippen molar-refractivity contribution < 1.29 is 9.21 Å². The summed E-state index contributed by atoms with van der Waals surface area (Å²) in [6.07, 6.45) is 4.56. The molecule has 2 aromatic heterocycles. The number of nitrogens with one attached hydrogen (secondary N) is 2. The van der Waals surface area contributed by atoms with E-state index in [1.54, 1.807) is 19.2 Å². The maximum Gasteiger partial charge on any atom is 0.259 e. The van der Waals surface area contributed by atoms with Gasteiger partial charge in [0, 0.05) is 6.20 Å². The molecule has 0 spiro atoms. The first-order valence-corrected chi connectivity index (χ1v) is 4.11. The Kier molecular flexibility index (Phi) is 2.06. The number of hydrogen-bond acceptors (Lipinski definition) is 3. The molecule has 14 heavy (non-hydrogen) atoms. The highest BCUT2D eigenvalue weighted by Gasteiger charge is 2.08. The fourth-order valence-corrected chi connectivity index (χ4v) is 1.09. The number of nitrogens with zero attached hydrogens (tertiary/aromatic N) is 1. The number of aryl methyl sites for hydroxylation is 1. The zero-order valence-corrected chi connectivity index (χ0v) is 7.57. The van der Waals surface area contributed by atoms with E-state index in [9.17, 15) is 4.79 Å². The van der Waals surface area contributed by atoms with Crippen LogP contribution in [0, 0.1) is 6.92 Å². The fraction of sp³-hybridized carbons (Fsp3) is 0.111. The number of aromatic amines is 1. The Morgan fingerprint density at radius 1 is 1.64 bits per heavy atom. The molecule has 0 bridgehead atoms. The molecule has 0 aliphatic heterocycles. The van der Waals surface area contributed by atoms with Gasteiger partial charge in [-0.3, -0.25) is 9.89 Å². The average molecular weight is 191 g/mol. The number of aromatic nitrogens is 2. The van der Waals surface area contributed by atoms with Crippen LogP contribution in [0.15, 0.2) is 29.1 Å². The summed E-state index contributed by atoms with van der Waals surface area (Å²) in [6.45, 7) is 1.79. The molecule has 0 saturated carbocycles. The van der Waals surface area contributed by atoms with Gasteiger partial charge in [0.05, 0.1) is 17.4 Å². The molecular weight excluding hydrogens is 182 g/mol. The summed E-state index contributed by atoms with van der Waals surface area (Å²) in [6, 6.07) is 1.68. The van der Waals surface area contributed by atoms with Crippen LogP contribution in [0.3, 0.4) is 0 Å². The van der Waals surface area contributed by atoms with E-state index in [4.69, 9.17) is 4.42 Å². The van der Waals surface area contributed by atoms with E-state index in [2.05, 4.69) is 15.5 Å². The highest BCUT2D eigenvalue weighted by molar-refractivity contribution is 6.03. The van der Waals surface area contributed by atoms with Crippen LogP contribution in [-0.4, -0.2) is 16.1 Å². The van der Waals surface area contributed by atoms with E-state index in [1.807, 2.05) is 0 Å². The van der Waals surface area contributed by atoms with E-state index < -0.39 is 0 Å². The number of amides is 1. The van der Waals surface area contributed by atoms with Gasteiger partial charge in [-0.25, -0.2) is 0 Å².